The first-order valence-electron chi connectivity index (χ1n) is 4.87. The summed E-state index contributed by atoms with van der Waals surface area (Å²) < 4.78 is 0. The second-order valence-electron chi connectivity index (χ2n) is 3.70. The van der Waals surface area contributed by atoms with Crippen LogP contribution in [0.25, 0.3) is 0 Å². The van der Waals surface area contributed by atoms with Crippen LogP contribution in [0.3, 0.4) is 0 Å². The van der Waals surface area contributed by atoms with Gasteiger partial charge in [-0.3, -0.25) is 4.79 Å². The minimum absolute atomic E-state index is 0.124. The highest BCUT2D eigenvalue weighted by Gasteiger charge is 2.27. The van der Waals surface area contributed by atoms with Crippen molar-refractivity contribution in [1.82, 2.24) is 5.32 Å². The molecule has 0 radical (unpaired) electrons. The fraction of sp³-hybridized carbons (Fsp3) is 0.364. The molecule has 2 rings (SSSR count). The first-order chi connectivity index (χ1) is 7.16. The van der Waals surface area contributed by atoms with Gasteiger partial charge in [0.25, 0.3) is 0 Å². The molecule has 1 unspecified atom stereocenters. The molecule has 0 bridgehead atoms. The molecule has 4 heteroatoms. The average Bonchev–Trinajstić information content (AvgIpc) is 3.02. The number of hydrogen-bond acceptors (Lipinski definition) is 1. The van der Waals surface area contributed by atoms with E-state index < -0.39 is 5.38 Å². The second-order valence-corrected chi connectivity index (χ2v) is 4.57. The van der Waals surface area contributed by atoms with Crippen LogP contribution in [-0.2, 0) is 4.79 Å². The number of carbonyl (C=O) groups is 1. The van der Waals surface area contributed by atoms with Crippen molar-refractivity contribution in [2.45, 2.75) is 24.3 Å². The van der Waals surface area contributed by atoms with Gasteiger partial charge in [-0.25, -0.2) is 0 Å². The predicted octanol–water partition coefficient (Wildman–Crippen LogP) is 2.90. The Balaban J connectivity index is 2.02. The highest BCUT2D eigenvalue weighted by atomic mass is 35.5. The number of nitrogens with one attached hydrogen (secondary N) is 1. The number of rotatable bonds is 3. The average molecular weight is 244 g/mol. The maximum Gasteiger partial charge on any atom is 0.242 e. The molecular formula is C11H11Cl2NO. The molecule has 0 aromatic heterocycles. The van der Waals surface area contributed by atoms with E-state index in [4.69, 9.17) is 23.2 Å². The molecule has 1 fully saturated rings. The smallest absolute Gasteiger partial charge is 0.242 e. The molecule has 0 heterocycles. The van der Waals surface area contributed by atoms with Crippen molar-refractivity contribution >= 4 is 29.1 Å². The molecule has 0 spiro atoms. The van der Waals surface area contributed by atoms with Crippen molar-refractivity contribution < 1.29 is 4.79 Å². The molecular weight excluding hydrogens is 233 g/mol. The van der Waals surface area contributed by atoms with E-state index in [0.717, 1.165) is 18.4 Å². The summed E-state index contributed by atoms with van der Waals surface area (Å²) in [4.78, 5) is 11.6. The SMILES string of the molecule is O=C(NC1CC1)C(Cl)c1ccc(Cl)cc1. The van der Waals surface area contributed by atoms with Crippen LogP contribution in [0.1, 0.15) is 23.8 Å². The lowest BCUT2D eigenvalue weighted by molar-refractivity contribution is -0.121. The Labute approximate surface area is 98.6 Å². The Hall–Kier alpha value is -0.730. The van der Waals surface area contributed by atoms with Crippen LogP contribution < -0.4 is 5.32 Å². The molecule has 80 valence electrons. The Morgan fingerprint density at radius 1 is 1.33 bits per heavy atom. The van der Waals surface area contributed by atoms with Crippen LogP contribution in [0.2, 0.25) is 5.02 Å². The van der Waals surface area contributed by atoms with Crippen molar-refractivity contribution in [2.24, 2.45) is 0 Å². The third-order valence-corrected chi connectivity index (χ3v) is 3.02. The molecule has 0 aliphatic heterocycles. The Bertz CT molecular complexity index is 359. The predicted molar refractivity (Wildman–Crippen MR) is 61.2 cm³/mol. The van der Waals surface area contributed by atoms with Crippen LogP contribution in [0.15, 0.2) is 24.3 Å². The van der Waals surface area contributed by atoms with E-state index >= 15 is 0 Å². The molecule has 1 saturated carbocycles. The van der Waals surface area contributed by atoms with Crippen LogP contribution in [-0.4, -0.2) is 11.9 Å². The summed E-state index contributed by atoms with van der Waals surface area (Å²) in [6.07, 6.45) is 2.13. The first kappa shape index (κ1) is 10.8. The summed E-state index contributed by atoms with van der Waals surface area (Å²) in [6, 6.07) is 7.35. The van der Waals surface area contributed by atoms with Gasteiger partial charge in [0.1, 0.15) is 5.38 Å². The van der Waals surface area contributed by atoms with Crippen molar-refractivity contribution in [1.29, 1.82) is 0 Å². The molecule has 1 aromatic carbocycles. The molecule has 1 aromatic rings. The normalized spacial score (nSPS) is 17.2. The lowest BCUT2D eigenvalue weighted by atomic mass is 10.1. The summed E-state index contributed by atoms with van der Waals surface area (Å²) in [5.74, 6) is -0.124. The fourth-order valence-electron chi connectivity index (χ4n) is 1.29. The number of alkyl halides is 1. The third-order valence-electron chi connectivity index (χ3n) is 2.32. The zero-order valence-electron chi connectivity index (χ0n) is 8.04. The lowest BCUT2D eigenvalue weighted by Crippen LogP contribution is -2.28. The number of benzene rings is 1. The first-order valence-corrected chi connectivity index (χ1v) is 5.68. The minimum atomic E-state index is -0.622. The lowest BCUT2D eigenvalue weighted by Gasteiger charge is -2.09. The van der Waals surface area contributed by atoms with Gasteiger partial charge >= 0.3 is 0 Å². The van der Waals surface area contributed by atoms with Gasteiger partial charge in [-0.2, -0.15) is 0 Å². The molecule has 2 nitrogen and oxygen atoms in total. The van der Waals surface area contributed by atoms with Gasteiger partial charge in [-0.05, 0) is 30.5 Å². The quantitative estimate of drug-likeness (QED) is 0.814. The van der Waals surface area contributed by atoms with Crippen LogP contribution >= 0.6 is 23.2 Å². The van der Waals surface area contributed by atoms with E-state index in [1.165, 1.54) is 0 Å². The third kappa shape index (κ3) is 2.86. The summed E-state index contributed by atoms with van der Waals surface area (Å²) in [7, 11) is 0. The van der Waals surface area contributed by atoms with Crippen LogP contribution in [0, 0.1) is 0 Å². The zero-order valence-corrected chi connectivity index (χ0v) is 9.55. The van der Waals surface area contributed by atoms with Gasteiger partial charge in [-0.1, -0.05) is 23.7 Å². The Morgan fingerprint density at radius 2 is 1.93 bits per heavy atom. The summed E-state index contributed by atoms with van der Waals surface area (Å²) in [5.41, 5.74) is 0.777. The topological polar surface area (TPSA) is 29.1 Å². The van der Waals surface area contributed by atoms with Crippen molar-refractivity contribution in [2.75, 3.05) is 0 Å². The molecule has 1 N–H and O–H groups in total. The number of halogens is 2. The van der Waals surface area contributed by atoms with E-state index in [9.17, 15) is 4.79 Å². The molecule has 0 saturated heterocycles. The maximum atomic E-state index is 11.6. The second kappa shape index (κ2) is 4.42. The number of hydrogen-bond donors (Lipinski definition) is 1. The van der Waals surface area contributed by atoms with Gasteiger partial charge in [0, 0.05) is 11.1 Å². The molecule has 1 amide bonds. The van der Waals surface area contributed by atoms with Gasteiger partial charge in [0.05, 0.1) is 0 Å². The Morgan fingerprint density at radius 3 is 2.47 bits per heavy atom. The minimum Gasteiger partial charge on any atom is -0.352 e. The van der Waals surface area contributed by atoms with Crippen molar-refractivity contribution in [3.05, 3.63) is 34.9 Å². The van der Waals surface area contributed by atoms with Crippen LogP contribution in [0.4, 0.5) is 0 Å². The van der Waals surface area contributed by atoms with Gasteiger partial charge in [0.15, 0.2) is 0 Å². The molecule has 1 atom stereocenters. The van der Waals surface area contributed by atoms with Gasteiger partial charge in [0.2, 0.25) is 5.91 Å². The van der Waals surface area contributed by atoms with Crippen LogP contribution in [0.5, 0.6) is 0 Å². The molecule has 1 aliphatic carbocycles. The van der Waals surface area contributed by atoms with E-state index in [2.05, 4.69) is 5.32 Å². The highest BCUT2D eigenvalue weighted by molar-refractivity contribution is 6.31. The summed E-state index contributed by atoms with van der Waals surface area (Å²) in [6.45, 7) is 0. The summed E-state index contributed by atoms with van der Waals surface area (Å²) >= 11 is 11.8. The largest absolute Gasteiger partial charge is 0.352 e. The van der Waals surface area contributed by atoms with E-state index in [1.54, 1.807) is 24.3 Å². The highest BCUT2D eigenvalue weighted by Crippen LogP contribution is 2.25. The van der Waals surface area contributed by atoms with E-state index in [0.29, 0.717) is 11.1 Å². The molecule has 15 heavy (non-hydrogen) atoms. The van der Waals surface area contributed by atoms with E-state index in [-0.39, 0.29) is 5.91 Å². The number of amides is 1. The standard InChI is InChI=1S/C11H11Cl2NO/c12-8-3-1-7(2-4-8)10(13)11(15)14-9-5-6-9/h1-4,9-10H,5-6H2,(H,14,15). The van der Waals surface area contributed by atoms with Crippen molar-refractivity contribution in [3.8, 4) is 0 Å². The molecule has 1 aliphatic rings. The maximum absolute atomic E-state index is 11.6. The Kier molecular flexibility index (Phi) is 3.17. The number of carbonyl (C=O) groups excluding carboxylic acids is 1. The summed E-state index contributed by atoms with van der Waals surface area (Å²) in [5, 5.41) is 2.88. The van der Waals surface area contributed by atoms with E-state index in [1.807, 2.05) is 0 Å². The fourth-order valence-corrected chi connectivity index (χ4v) is 1.62. The van der Waals surface area contributed by atoms with Gasteiger partial charge < -0.3 is 5.32 Å². The van der Waals surface area contributed by atoms with Crippen molar-refractivity contribution in [3.63, 3.8) is 0 Å². The van der Waals surface area contributed by atoms with Gasteiger partial charge in [-0.15, -0.1) is 11.6 Å². The monoisotopic (exact) mass is 243 g/mol. The zero-order chi connectivity index (χ0) is 10.8.